The van der Waals surface area contributed by atoms with Gasteiger partial charge in [-0.1, -0.05) is 6.42 Å². The Morgan fingerprint density at radius 2 is 2.19 bits per heavy atom. The molecule has 0 radical (unpaired) electrons. The quantitative estimate of drug-likeness (QED) is 0.839. The maximum absolute atomic E-state index is 11.9. The Bertz CT molecular complexity index is 543. The molecule has 0 aliphatic heterocycles. The number of aryl methyl sites for hydroxylation is 1. The van der Waals surface area contributed by atoms with Crippen LogP contribution in [0.15, 0.2) is 10.9 Å². The van der Waals surface area contributed by atoms with Crippen LogP contribution in [0.2, 0.25) is 0 Å². The topological polar surface area (TPSA) is 79.9 Å². The van der Waals surface area contributed by atoms with Crippen LogP contribution >= 0.6 is 0 Å². The number of rotatable bonds is 3. The average molecular weight is 242 g/mol. The summed E-state index contributed by atoms with van der Waals surface area (Å²) in [7, 11) is -3.13. The first-order valence-corrected chi connectivity index (χ1v) is 6.97. The molecule has 1 aromatic rings. The minimum atomic E-state index is -3.13. The summed E-state index contributed by atoms with van der Waals surface area (Å²) in [6.45, 7) is 1.64. The van der Waals surface area contributed by atoms with Gasteiger partial charge in [0.05, 0.1) is 16.7 Å². The van der Waals surface area contributed by atoms with E-state index >= 15 is 0 Å². The van der Waals surface area contributed by atoms with Gasteiger partial charge in [-0.05, 0) is 19.8 Å². The summed E-state index contributed by atoms with van der Waals surface area (Å²) < 4.78 is 23.7. The fourth-order valence-electron chi connectivity index (χ4n) is 1.77. The zero-order valence-electron chi connectivity index (χ0n) is 9.06. The van der Waals surface area contributed by atoms with Gasteiger partial charge in [-0.3, -0.25) is 4.79 Å². The maximum Gasteiger partial charge on any atom is 0.251 e. The molecular formula is C10H14N2O3S. The predicted octanol–water partition coefficient (Wildman–Crippen LogP) is 0.546. The molecule has 88 valence electrons. The van der Waals surface area contributed by atoms with Gasteiger partial charge in [0.25, 0.3) is 5.56 Å². The second kappa shape index (κ2) is 4.01. The van der Waals surface area contributed by atoms with E-state index in [2.05, 4.69) is 9.97 Å². The molecule has 5 nitrogen and oxygen atoms in total. The summed E-state index contributed by atoms with van der Waals surface area (Å²) >= 11 is 0. The van der Waals surface area contributed by atoms with Crippen molar-refractivity contribution in [2.75, 3.05) is 0 Å². The summed E-state index contributed by atoms with van der Waals surface area (Å²) in [5, 5.41) is -0.228. The van der Waals surface area contributed by atoms with Crippen LogP contribution in [-0.2, 0) is 15.6 Å². The summed E-state index contributed by atoms with van der Waals surface area (Å²) in [4.78, 5) is 17.7. The van der Waals surface area contributed by atoms with Crippen molar-refractivity contribution in [3.63, 3.8) is 0 Å². The number of nitrogens with one attached hydrogen (secondary N) is 1. The second-order valence-electron chi connectivity index (χ2n) is 4.18. The number of hydrogen-bond donors (Lipinski definition) is 1. The molecule has 0 spiro atoms. The Labute approximate surface area is 93.8 Å². The van der Waals surface area contributed by atoms with E-state index in [-0.39, 0.29) is 16.6 Å². The van der Waals surface area contributed by atoms with Gasteiger partial charge < -0.3 is 4.98 Å². The third-order valence-corrected chi connectivity index (χ3v) is 5.01. The SMILES string of the molecule is Cc1nc(CS(=O)(=O)C2CCC2)cc(=O)[nH]1. The molecule has 6 heteroatoms. The van der Waals surface area contributed by atoms with Gasteiger partial charge in [0.1, 0.15) is 5.82 Å². The molecule has 1 aliphatic carbocycles. The molecule has 1 aliphatic rings. The molecule has 1 saturated carbocycles. The van der Waals surface area contributed by atoms with Gasteiger partial charge in [-0.15, -0.1) is 0 Å². The third-order valence-electron chi connectivity index (χ3n) is 2.82. The molecule has 16 heavy (non-hydrogen) atoms. The predicted molar refractivity (Wildman–Crippen MR) is 59.9 cm³/mol. The lowest BCUT2D eigenvalue weighted by molar-refractivity contribution is 0.476. The lowest BCUT2D eigenvalue weighted by Gasteiger charge is -2.24. The van der Waals surface area contributed by atoms with Crippen molar-refractivity contribution in [3.8, 4) is 0 Å². The van der Waals surface area contributed by atoms with Crippen LogP contribution in [0.5, 0.6) is 0 Å². The first-order chi connectivity index (χ1) is 7.47. The van der Waals surface area contributed by atoms with E-state index in [1.807, 2.05) is 0 Å². The Hall–Kier alpha value is -1.17. The molecule has 0 unspecified atom stereocenters. The number of aromatic nitrogens is 2. The van der Waals surface area contributed by atoms with Crippen LogP contribution in [-0.4, -0.2) is 23.6 Å². The standard InChI is InChI=1S/C10H14N2O3S/c1-7-11-8(5-10(13)12-7)6-16(14,15)9-3-2-4-9/h5,9H,2-4,6H2,1H3,(H,11,12,13). The van der Waals surface area contributed by atoms with Crippen LogP contribution in [0.25, 0.3) is 0 Å². The summed E-state index contributed by atoms with van der Waals surface area (Å²) in [6.07, 6.45) is 2.46. The highest BCUT2D eigenvalue weighted by Gasteiger charge is 2.31. The van der Waals surface area contributed by atoms with Crippen molar-refractivity contribution in [2.24, 2.45) is 0 Å². The molecule has 1 N–H and O–H groups in total. The zero-order chi connectivity index (χ0) is 11.8. The van der Waals surface area contributed by atoms with Gasteiger partial charge in [-0.25, -0.2) is 13.4 Å². The number of nitrogens with zero attached hydrogens (tertiary/aromatic N) is 1. The third kappa shape index (κ3) is 2.32. The van der Waals surface area contributed by atoms with Crippen molar-refractivity contribution >= 4 is 9.84 Å². The molecule has 0 amide bonds. The van der Waals surface area contributed by atoms with Crippen LogP contribution in [0.3, 0.4) is 0 Å². The summed E-state index contributed by atoms with van der Waals surface area (Å²) in [5.41, 5.74) is 0.0412. The molecule has 1 aromatic heterocycles. The Balaban J connectivity index is 2.23. The highest BCUT2D eigenvalue weighted by Crippen LogP contribution is 2.27. The van der Waals surface area contributed by atoms with Gasteiger partial charge in [0, 0.05) is 6.07 Å². The maximum atomic E-state index is 11.9. The van der Waals surface area contributed by atoms with Crippen LogP contribution in [0.1, 0.15) is 30.8 Å². The van der Waals surface area contributed by atoms with Gasteiger partial charge in [0.2, 0.25) is 0 Å². The lowest BCUT2D eigenvalue weighted by atomic mass is 10.0. The number of H-pyrrole nitrogens is 1. The van der Waals surface area contributed by atoms with Gasteiger partial charge in [0.15, 0.2) is 9.84 Å². The van der Waals surface area contributed by atoms with E-state index in [1.165, 1.54) is 6.07 Å². The molecular weight excluding hydrogens is 228 g/mol. The first kappa shape index (κ1) is 11.3. The smallest absolute Gasteiger partial charge is 0.251 e. The van der Waals surface area contributed by atoms with Crippen LogP contribution < -0.4 is 5.56 Å². The van der Waals surface area contributed by atoms with Crippen molar-refractivity contribution in [1.29, 1.82) is 0 Å². The molecule has 1 heterocycles. The minimum Gasteiger partial charge on any atom is -0.311 e. The fraction of sp³-hybridized carbons (Fsp3) is 0.600. The normalized spacial score (nSPS) is 17.1. The highest BCUT2D eigenvalue weighted by molar-refractivity contribution is 7.91. The fourth-order valence-corrected chi connectivity index (χ4v) is 3.62. The van der Waals surface area contributed by atoms with E-state index in [9.17, 15) is 13.2 Å². The first-order valence-electron chi connectivity index (χ1n) is 5.26. The van der Waals surface area contributed by atoms with Crippen molar-refractivity contribution in [3.05, 3.63) is 27.9 Å². The molecule has 0 saturated heterocycles. The molecule has 0 aromatic carbocycles. The minimum absolute atomic E-state index is 0.123. The number of aromatic amines is 1. The molecule has 2 rings (SSSR count). The van der Waals surface area contributed by atoms with Gasteiger partial charge >= 0.3 is 0 Å². The highest BCUT2D eigenvalue weighted by atomic mass is 32.2. The number of sulfone groups is 1. The Morgan fingerprint density at radius 1 is 1.50 bits per heavy atom. The Kier molecular flexibility index (Phi) is 2.84. The molecule has 1 fully saturated rings. The lowest BCUT2D eigenvalue weighted by Crippen LogP contribution is -2.30. The van der Waals surface area contributed by atoms with E-state index in [1.54, 1.807) is 6.92 Å². The van der Waals surface area contributed by atoms with Crippen molar-refractivity contribution in [1.82, 2.24) is 9.97 Å². The van der Waals surface area contributed by atoms with Crippen molar-refractivity contribution < 1.29 is 8.42 Å². The number of hydrogen-bond acceptors (Lipinski definition) is 4. The van der Waals surface area contributed by atoms with Gasteiger partial charge in [-0.2, -0.15) is 0 Å². The van der Waals surface area contributed by atoms with E-state index in [0.29, 0.717) is 11.5 Å². The van der Waals surface area contributed by atoms with E-state index in [4.69, 9.17) is 0 Å². The summed E-state index contributed by atoms with van der Waals surface area (Å²) in [6, 6.07) is 1.25. The van der Waals surface area contributed by atoms with Crippen LogP contribution in [0, 0.1) is 6.92 Å². The molecule has 0 atom stereocenters. The molecule has 0 bridgehead atoms. The Morgan fingerprint density at radius 3 is 2.69 bits per heavy atom. The average Bonchev–Trinajstić information content (AvgIpc) is 1.94. The van der Waals surface area contributed by atoms with E-state index < -0.39 is 9.84 Å². The second-order valence-corrected chi connectivity index (χ2v) is 6.46. The summed E-state index contributed by atoms with van der Waals surface area (Å²) in [5.74, 6) is 0.328. The zero-order valence-corrected chi connectivity index (χ0v) is 9.88. The van der Waals surface area contributed by atoms with Crippen molar-refractivity contribution in [2.45, 2.75) is 37.2 Å². The van der Waals surface area contributed by atoms with E-state index in [0.717, 1.165) is 19.3 Å². The van der Waals surface area contributed by atoms with Crippen LogP contribution in [0.4, 0.5) is 0 Å². The largest absolute Gasteiger partial charge is 0.311 e. The monoisotopic (exact) mass is 242 g/mol.